The van der Waals surface area contributed by atoms with Crippen molar-refractivity contribution in [1.29, 1.82) is 15.8 Å². The maximum Gasteiger partial charge on any atom is 0.294 e. The van der Waals surface area contributed by atoms with Crippen molar-refractivity contribution < 1.29 is 4.92 Å². The lowest BCUT2D eigenvalue weighted by atomic mass is 10.1. The third-order valence-corrected chi connectivity index (χ3v) is 3.72. The third-order valence-electron chi connectivity index (χ3n) is 3.72. The van der Waals surface area contributed by atoms with Crippen LogP contribution in [0.3, 0.4) is 0 Å². The van der Waals surface area contributed by atoms with Crippen LogP contribution in [0.5, 0.6) is 0 Å². The summed E-state index contributed by atoms with van der Waals surface area (Å²) >= 11 is 0. The summed E-state index contributed by atoms with van der Waals surface area (Å²) in [5.41, 5.74) is 0.130. The van der Waals surface area contributed by atoms with Crippen LogP contribution < -0.4 is 10.2 Å². The van der Waals surface area contributed by atoms with Gasteiger partial charge in [-0.15, -0.1) is 0 Å². The molecule has 0 aromatic heterocycles. The molecule has 8 nitrogen and oxygen atoms in total. The van der Waals surface area contributed by atoms with Gasteiger partial charge in [0.1, 0.15) is 29.6 Å². The first-order chi connectivity index (χ1) is 11.6. The Balaban J connectivity index is 2.38. The summed E-state index contributed by atoms with van der Waals surface area (Å²) in [7, 11) is 0. The number of nitrogens with one attached hydrogen (secondary N) is 1. The van der Waals surface area contributed by atoms with E-state index >= 15 is 0 Å². The summed E-state index contributed by atoms with van der Waals surface area (Å²) in [5, 5.41) is 40.7. The molecule has 1 saturated heterocycles. The second-order valence-corrected chi connectivity index (χ2v) is 5.22. The Morgan fingerprint density at radius 1 is 1.12 bits per heavy atom. The van der Waals surface area contributed by atoms with E-state index < -0.39 is 4.92 Å². The minimum absolute atomic E-state index is 0.0744. The van der Waals surface area contributed by atoms with Gasteiger partial charge in [0.25, 0.3) is 5.69 Å². The van der Waals surface area contributed by atoms with Gasteiger partial charge in [-0.2, -0.15) is 15.8 Å². The van der Waals surface area contributed by atoms with Crippen LogP contribution in [0.25, 0.3) is 0 Å². The first kappa shape index (κ1) is 16.8. The Bertz CT molecular complexity index is 787. The van der Waals surface area contributed by atoms with Gasteiger partial charge in [0.2, 0.25) is 0 Å². The van der Waals surface area contributed by atoms with E-state index in [1.54, 1.807) is 30.3 Å². The molecule has 1 aromatic carbocycles. The summed E-state index contributed by atoms with van der Waals surface area (Å²) in [4.78, 5) is 12.9. The molecule has 120 valence electrons. The second kappa shape index (κ2) is 7.62. The van der Waals surface area contributed by atoms with E-state index in [0.717, 1.165) is 32.4 Å². The van der Waals surface area contributed by atoms with E-state index in [1.165, 1.54) is 6.07 Å². The summed E-state index contributed by atoms with van der Waals surface area (Å²) < 4.78 is 0. The Hall–Kier alpha value is -3.57. The van der Waals surface area contributed by atoms with Crippen molar-refractivity contribution >= 4 is 17.1 Å². The number of piperidine rings is 1. The number of nitriles is 3. The third kappa shape index (κ3) is 3.60. The van der Waals surface area contributed by atoms with Crippen molar-refractivity contribution in [3.05, 3.63) is 39.6 Å². The van der Waals surface area contributed by atoms with E-state index in [4.69, 9.17) is 15.8 Å². The average Bonchev–Trinajstić information content (AvgIpc) is 2.62. The molecule has 0 saturated carbocycles. The average molecular weight is 322 g/mol. The molecule has 1 aromatic rings. The first-order valence-electron chi connectivity index (χ1n) is 7.35. The van der Waals surface area contributed by atoms with Crippen LogP contribution in [0, 0.1) is 44.1 Å². The molecular weight excluding hydrogens is 308 g/mol. The normalized spacial score (nSPS) is 13.1. The van der Waals surface area contributed by atoms with Crippen molar-refractivity contribution in [3.8, 4) is 18.2 Å². The molecule has 8 heteroatoms. The van der Waals surface area contributed by atoms with E-state index in [0.29, 0.717) is 5.69 Å². The molecule has 1 aliphatic rings. The van der Waals surface area contributed by atoms with Gasteiger partial charge < -0.3 is 10.2 Å². The quantitative estimate of drug-likeness (QED) is 0.512. The molecule has 1 fully saturated rings. The minimum atomic E-state index is -0.472. The number of hydrogen-bond acceptors (Lipinski definition) is 7. The summed E-state index contributed by atoms with van der Waals surface area (Å²) in [5.74, 6) is 0. The highest BCUT2D eigenvalue weighted by molar-refractivity contribution is 5.71. The molecular formula is C16H14N6O2. The SMILES string of the molecule is N#CC(C#N)=C(C#N)Nc1ccc(N2CCCCC2)c([N+](=O)[O-])c1. The molecule has 0 aliphatic carbocycles. The number of allylic oxidation sites excluding steroid dienone is 2. The molecule has 1 heterocycles. The fourth-order valence-corrected chi connectivity index (χ4v) is 2.58. The molecule has 0 atom stereocenters. The van der Waals surface area contributed by atoms with Crippen LogP contribution in [0.15, 0.2) is 29.5 Å². The van der Waals surface area contributed by atoms with Crippen LogP contribution in [-0.2, 0) is 0 Å². The predicted molar refractivity (Wildman–Crippen MR) is 86.6 cm³/mol. The van der Waals surface area contributed by atoms with Crippen LogP contribution in [-0.4, -0.2) is 18.0 Å². The molecule has 0 bridgehead atoms. The molecule has 0 unspecified atom stereocenters. The summed E-state index contributed by atoms with van der Waals surface area (Å²) in [6.07, 6.45) is 3.10. The standard InChI is InChI=1S/C16H14N6O2/c17-9-12(10-18)14(11-19)20-13-4-5-15(16(8-13)22(23)24)21-6-2-1-3-7-21/h4-5,8,20H,1-3,6-7H2. The highest BCUT2D eigenvalue weighted by Gasteiger charge is 2.22. The zero-order valence-corrected chi connectivity index (χ0v) is 12.8. The minimum Gasteiger partial charge on any atom is -0.366 e. The van der Waals surface area contributed by atoms with Gasteiger partial charge in [-0.25, -0.2) is 0 Å². The van der Waals surface area contributed by atoms with Gasteiger partial charge in [-0.3, -0.25) is 10.1 Å². The van der Waals surface area contributed by atoms with Crippen molar-refractivity contribution in [2.75, 3.05) is 23.3 Å². The Labute approximate surface area is 139 Å². The van der Waals surface area contributed by atoms with Crippen LogP contribution in [0.1, 0.15) is 19.3 Å². The van der Waals surface area contributed by atoms with E-state index in [9.17, 15) is 10.1 Å². The molecule has 0 amide bonds. The lowest BCUT2D eigenvalue weighted by Gasteiger charge is -2.28. The number of nitro benzene ring substituents is 1. The number of nitrogens with zero attached hydrogens (tertiary/aromatic N) is 5. The molecule has 2 rings (SSSR count). The zero-order valence-electron chi connectivity index (χ0n) is 12.8. The maximum atomic E-state index is 11.4. The van der Waals surface area contributed by atoms with Gasteiger partial charge in [0, 0.05) is 24.8 Å². The van der Waals surface area contributed by atoms with Crippen LogP contribution in [0.4, 0.5) is 17.1 Å². The largest absolute Gasteiger partial charge is 0.366 e. The van der Waals surface area contributed by atoms with Crippen molar-refractivity contribution in [1.82, 2.24) is 0 Å². The van der Waals surface area contributed by atoms with Gasteiger partial charge in [0.05, 0.1) is 4.92 Å². The summed E-state index contributed by atoms with van der Waals surface area (Å²) in [6, 6.07) is 9.49. The lowest BCUT2D eigenvalue weighted by molar-refractivity contribution is -0.384. The number of hydrogen-bond donors (Lipinski definition) is 1. The van der Waals surface area contributed by atoms with Crippen molar-refractivity contribution in [2.45, 2.75) is 19.3 Å². The highest BCUT2D eigenvalue weighted by Crippen LogP contribution is 2.33. The van der Waals surface area contributed by atoms with E-state index in [2.05, 4.69) is 5.32 Å². The van der Waals surface area contributed by atoms with Crippen molar-refractivity contribution in [3.63, 3.8) is 0 Å². The fourth-order valence-electron chi connectivity index (χ4n) is 2.58. The highest BCUT2D eigenvalue weighted by atomic mass is 16.6. The van der Waals surface area contributed by atoms with Gasteiger partial charge in [0.15, 0.2) is 5.57 Å². The molecule has 24 heavy (non-hydrogen) atoms. The van der Waals surface area contributed by atoms with Gasteiger partial charge in [-0.1, -0.05) is 0 Å². The number of rotatable bonds is 4. The van der Waals surface area contributed by atoms with Gasteiger partial charge >= 0.3 is 0 Å². The molecule has 1 aliphatic heterocycles. The zero-order chi connectivity index (χ0) is 17.5. The van der Waals surface area contributed by atoms with Crippen molar-refractivity contribution in [2.24, 2.45) is 0 Å². The number of anilines is 2. The second-order valence-electron chi connectivity index (χ2n) is 5.22. The van der Waals surface area contributed by atoms with Gasteiger partial charge in [-0.05, 0) is 31.4 Å². The lowest BCUT2D eigenvalue weighted by Crippen LogP contribution is -2.29. The Morgan fingerprint density at radius 2 is 1.79 bits per heavy atom. The van der Waals surface area contributed by atoms with E-state index in [-0.39, 0.29) is 22.6 Å². The number of nitro groups is 1. The number of benzene rings is 1. The van der Waals surface area contributed by atoms with Crippen LogP contribution in [0.2, 0.25) is 0 Å². The van der Waals surface area contributed by atoms with Crippen LogP contribution >= 0.6 is 0 Å². The smallest absolute Gasteiger partial charge is 0.294 e. The topological polar surface area (TPSA) is 130 Å². The summed E-state index contributed by atoms with van der Waals surface area (Å²) in [6.45, 7) is 1.54. The maximum absolute atomic E-state index is 11.4. The first-order valence-corrected chi connectivity index (χ1v) is 7.35. The fraction of sp³-hybridized carbons (Fsp3) is 0.312. The molecule has 0 radical (unpaired) electrons. The molecule has 0 spiro atoms. The Morgan fingerprint density at radius 3 is 2.33 bits per heavy atom. The van der Waals surface area contributed by atoms with E-state index in [1.807, 2.05) is 4.90 Å². The Kier molecular flexibility index (Phi) is 5.33. The predicted octanol–water partition coefficient (Wildman–Crippen LogP) is 2.82. The molecule has 1 N–H and O–H groups in total. The monoisotopic (exact) mass is 322 g/mol.